The zero-order chi connectivity index (χ0) is 13.1. The predicted octanol–water partition coefficient (Wildman–Crippen LogP) is 2.70. The lowest BCUT2D eigenvalue weighted by Gasteiger charge is -2.02. The lowest BCUT2D eigenvalue weighted by Crippen LogP contribution is -2.10. The highest BCUT2D eigenvalue weighted by molar-refractivity contribution is 5.92. The Kier molecular flexibility index (Phi) is 8.74. The number of ether oxygens (including phenoxy) is 1. The average molecular weight is 240 g/mol. The number of carboxylic acids is 1. The molecule has 4 nitrogen and oxygen atoms in total. The highest BCUT2D eigenvalue weighted by Gasteiger charge is 2.11. The molecule has 0 rings (SSSR count). The van der Waals surface area contributed by atoms with Crippen molar-refractivity contribution in [3.63, 3.8) is 0 Å². The van der Waals surface area contributed by atoms with Gasteiger partial charge >= 0.3 is 11.9 Å². The Hall–Kier alpha value is -1.58. The van der Waals surface area contributed by atoms with Crippen LogP contribution in [0.4, 0.5) is 0 Å². The van der Waals surface area contributed by atoms with Gasteiger partial charge in [0.05, 0.1) is 6.42 Å². The Bertz CT molecular complexity index is 292. The van der Waals surface area contributed by atoms with E-state index in [4.69, 9.17) is 9.84 Å². The van der Waals surface area contributed by atoms with Crippen LogP contribution in [-0.4, -0.2) is 23.7 Å². The van der Waals surface area contributed by atoms with Crippen LogP contribution in [0.1, 0.15) is 39.0 Å². The number of allylic oxidation sites excluding steroid dienone is 1. The highest BCUT2D eigenvalue weighted by atomic mass is 16.5. The maximum atomic E-state index is 11.2. The van der Waals surface area contributed by atoms with Crippen molar-refractivity contribution in [1.82, 2.24) is 0 Å². The van der Waals surface area contributed by atoms with E-state index in [9.17, 15) is 9.59 Å². The number of unbranched alkanes of at least 4 members (excludes halogenated alkanes) is 3. The molecule has 0 saturated heterocycles. The van der Waals surface area contributed by atoms with E-state index in [2.05, 4.69) is 13.5 Å². The van der Waals surface area contributed by atoms with Gasteiger partial charge in [-0.2, -0.15) is 0 Å². The van der Waals surface area contributed by atoms with E-state index >= 15 is 0 Å². The molecule has 0 aromatic rings. The first-order valence-electron chi connectivity index (χ1n) is 5.79. The van der Waals surface area contributed by atoms with Crippen LogP contribution >= 0.6 is 0 Å². The van der Waals surface area contributed by atoms with Crippen LogP contribution in [0, 0.1) is 0 Å². The Morgan fingerprint density at radius 3 is 2.59 bits per heavy atom. The number of rotatable bonds is 9. The normalized spacial score (nSPS) is 10.4. The molecule has 0 spiro atoms. The van der Waals surface area contributed by atoms with E-state index in [1.165, 1.54) is 12.8 Å². The number of aliphatic carboxylic acids is 1. The average Bonchev–Trinajstić information content (AvgIpc) is 2.26. The minimum absolute atomic E-state index is 0.0307. The van der Waals surface area contributed by atoms with Gasteiger partial charge in [-0.3, -0.25) is 4.79 Å². The summed E-state index contributed by atoms with van der Waals surface area (Å²) in [5, 5.41) is 8.44. The molecule has 0 aliphatic heterocycles. The Labute approximate surface area is 102 Å². The molecule has 17 heavy (non-hydrogen) atoms. The van der Waals surface area contributed by atoms with Crippen molar-refractivity contribution in [2.24, 2.45) is 0 Å². The van der Waals surface area contributed by atoms with Gasteiger partial charge in [0.1, 0.15) is 6.61 Å². The molecule has 0 bridgehead atoms. The predicted molar refractivity (Wildman–Crippen MR) is 65.6 cm³/mol. The minimum Gasteiger partial charge on any atom is -0.481 e. The van der Waals surface area contributed by atoms with Gasteiger partial charge in [0.25, 0.3) is 0 Å². The molecule has 0 aliphatic rings. The first-order valence-corrected chi connectivity index (χ1v) is 5.79. The maximum absolute atomic E-state index is 11.2. The van der Waals surface area contributed by atoms with Gasteiger partial charge in [0.15, 0.2) is 0 Å². The van der Waals surface area contributed by atoms with Gasteiger partial charge < -0.3 is 9.84 Å². The van der Waals surface area contributed by atoms with Crippen molar-refractivity contribution >= 4 is 11.9 Å². The molecule has 0 saturated carbocycles. The van der Waals surface area contributed by atoms with E-state index in [-0.39, 0.29) is 18.6 Å². The van der Waals surface area contributed by atoms with E-state index in [1.807, 2.05) is 6.08 Å². The summed E-state index contributed by atoms with van der Waals surface area (Å²) < 4.78 is 4.82. The molecule has 96 valence electrons. The molecule has 0 heterocycles. The van der Waals surface area contributed by atoms with Crippen LogP contribution in [0.3, 0.4) is 0 Å². The molecule has 0 aromatic carbocycles. The van der Waals surface area contributed by atoms with Crippen LogP contribution < -0.4 is 0 Å². The van der Waals surface area contributed by atoms with Crippen molar-refractivity contribution in [3.8, 4) is 0 Å². The minimum atomic E-state index is -1.08. The second kappa shape index (κ2) is 9.63. The van der Waals surface area contributed by atoms with Crippen LogP contribution in [0.25, 0.3) is 0 Å². The summed E-state index contributed by atoms with van der Waals surface area (Å²) in [5.74, 6) is -1.73. The number of hydrogen-bond acceptors (Lipinski definition) is 3. The number of carboxylic acid groups (broad SMARTS) is 1. The third-order valence-electron chi connectivity index (χ3n) is 2.10. The second-order valence-corrected chi connectivity index (χ2v) is 3.74. The number of esters is 1. The summed E-state index contributed by atoms with van der Waals surface area (Å²) in [5.41, 5.74) is -0.0307. The maximum Gasteiger partial charge on any atom is 0.334 e. The largest absolute Gasteiger partial charge is 0.481 e. The zero-order valence-corrected chi connectivity index (χ0v) is 10.3. The van der Waals surface area contributed by atoms with Gasteiger partial charge in [-0.05, 0) is 12.8 Å². The molecule has 4 heteroatoms. The fourth-order valence-electron chi connectivity index (χ4n) is 1.18. The third kappa shape index (κ3) is 9.35. The van der Waals surface area contributed by atoms with Crippen LogP contribution in [0.2, 0.25) is 0 Å². The quantitative estimate of drug-likeness (QED) is 0.291. The van der Waals surface area contributed by atoms with Crippen molar-refractivity contribution in [1.29, 1.82) is 0 Å². The first kappa shape index (κ1) is 15.4. The molecular formula is C13H20O4. The molecule has 0 radical (unpaired) electrons. The molecule has 0 aromatic heterocycles. The summed E-state index contributed by atoms with van der Waals surface area (Å²) in [6, 6.07) is 0. The fourth-order valence-corrected chi connectivity index (χ4v) is 1.18. The molecule has 0 aliphatic carbocycles. The smallest absolute Gasteiger partial charge is 0.334 e. The van der Waals surface area contributed by atoms with Crippen LogP contribution in [0.5, 0.6) is 0 Å². The van der Waals surface area contributed by atoms with Crippen molar-refractivity contribution in [2.75, 3.05) is 6.61 Å². The lowest BCUT2D eigenvalue weighted by atomic mass is 10.2. The standard InChI is InChI=1S/C13H20O4/c1-3-4-5-6-7-8-9-17-13(16)11(2)10-12(14)15/h7-8H,2-6,9-10H2,1H3,(H,14,15). The Balaban J connectivity index is 3.63. The third-order valence-corrected chi connectivity index (χ3v) is 2.10. The number of carbonyl (C=O) groups is 2. The summed E-state index contributed by atoms with van der Waals surface area (Å²) >= 11 is 0. The Morgan fingerprint density at radius 2 is 2.00 bits per heavy atom. The molecule has 1 N–H and O–H groups in total. The summed E-state index contributed by atoms with van der Waals surface area (Å²) in [6.07, 6.45) is 7.83. The number of hydrogen-bond donors (Lipinski definition) is 1. The topological polar surface area (TPSA) is 63.6 Å². The van der Waals surface area contributed by atoms with Crippen molar-refractivity contribution in [3.05, 3.63) is 24.3 Å². The molecular weight excluding hydrogens is 220 g/mol. The van der Waals surface area contributed by atoms with Gasteiger partial charge in [0, 0.05) is 5.57 Å². The molecule has 0 fully saturated rings. The molecule has 0 amide bonds. The monoisotopic (exact) mass is 240 g/mol. The zero-order valence-electron chi connectivity index (χ0n) is 10.3. The second-order valence-electron chi connectivity index (χ2n) is 3.74. The summed E-state index contributed by atoms with van der Waals surface area (Å²) in [7, 11) is 0. The SMILES string of the molecule is C=C(CC(=O)O)C(=O)OCC=CCCCCC. The number of carbonyl (C=O) groups excluding carboxylic acids is 1. The van der Waals surface area contributed by atoms with E-state index < -0.39 is 11.9 Å². The van der Waals surface area contributed by atoms with Crippen LogP contribution in [-0.2, 0) is 14.3 Å². The van der Waals surface area contributed by atoms with Crippen molar-refractivity contribution < 1.29 is 19.4 Å². The molecule has 0 atom stereocenters. The Morgan fingerprint density at radius 1 is 1.29 bits per heavy atom. The van der Waals surface area contributed by atoms with Gasteiger partial charge in [-0.1, -0.05) is 38.5 Å². The summed E-state index contributed by atoms with van der Waals surface area (Å²) in [6.45, 7) is 5.66. The summed E-state index contributed by atoms with van der Waals surface area (Å²) in [4.78, 5) is 21.5. The lowest BCUT2D eigenvalue weighted by molar-refractivity contribution is -0.142. The highest BCUT2D eigenvalue weighted by Crippen LogP contribution is 2.02. The van der Waals surface area contributed by atoms with E-state index in [0.29, 0.717) is 0 Å². The fraction of sp³-hybridized carbons (Fsp3) is 0.538. The molecule has 0 unspecified atom stereocenters. The van der Waals surface area contributed by atoms with Gasteiger partial charge in [-0.15, -0.1) is 0 Å². The van der Waals surface area contributed by atoms with Crippen molar-refractivity contribution in [2.45, 2.75) is 39.0 Å². The van der Waals surface area contributed by atoms with Gasteiger partial charge in [0.2, 0.25) is 0 Å². The van der Waals surface area contributed by atoms with Gasteiger partial charge in [-0.25, -0.2) is 4.79 Å². The van der Waals surface area contributed by atoms with E-state index in [1.54, 1.807) is 6.08 Å². The first-order chi connectivity index (χ1) is 8.07. The van der Waals surface area contributed by atoms with E-state index in [0.717, 1.165) is 12.8 Å². The van der Waals surface area contributed by atoms with Crippen LogP contribution in [0.15, 0.2) is 24.3 Å².